The van der Waals surface area contributed by atoms with Gasteiger partial charge in [0.2, 0.25) is 0 Å². The third kappa shape index (κ3) is 13.2. The maximum atomic E-state index is 10.2. The normalized spacial score (nSPS) is 9.00. The summed E-state index contributed by atoms with van der Waals surface area (Å²) in [5, 5.41) is 24.7. The summed E-state index contributed by atoms with van der Waals surface area (Å²) in [6, 6.07) is 0. The van der Waals surface area contributed by atoms with Crippen LogP contribution in [0.4, 0.5) is 0 Å². The summed E-state index contributed by atoms with van der Waals surface area (Å²) in [6.07, 6.45) is -1.33. The number of hydrogen-bond donors (Lipinski definition) is 3. The van der Waals surface area contributed by atoms with Gasteiger partial charge >= 0.3 is 48.9 Å². The van der Waals surface area contributed by atoms with Gasteiger partial charge < -0.3 is 15.3 Å². The number of carboxylic acids is 3. The average Bonchev–Trinajstić information content (AvgIpc) is 2.02. The van der Waals surface area contributed by atoms with Gasteiger partial charge in [-0.25, -0.2) is 0 Å². The monoisotopic (exact) mass is 326 g/mol. The molecule has 0 amide bonds. The Labute approximate surface area is 97.5 Å². The molecule has 3 N–H and O–H groups in total. The fourth-order valence-corrected chi connectivity index (χ4v) is 0.668. The molecule has 15 heavy (non-hydrogen) atoms. The first-order valence-electron chi connectivity index (χ1n) is 4.10. The number of rotatable bonds is 5. The molecule has 7 heteroatoms. The van der Waals surface area contributed by atoms with E-state index in [0.717, 1.165) is 0 Å². The van der Waals surface area contributed by atoms with Crippen LogP contribution in [-0.2, 0) is 14.4 Å². The third-order valence-electron chi connectivity index (χ3n) is 1.19. The third-order valence-corrected chi connectivity index (χ3v) is 1.19. The van der Waals surface area contributed by atoms with Gasteiger partial charge in [0, 0.05) is 0 Å². The molecule has 0 saturated heterocycles. The Kier molecular flexibility index (Phi) is 10.8. The van der Waals surface area contributed by atoms with Crippen LogP contribution in [0.25, 0.3) is 0 Å². The molecule has 0 aromatic heterocycles. The standard InChI is InChI=1S/C6H8O6.2CH3.Sn/c7-4(8)1-3(6(11)12)2-5(9)10;;;/h3H,1-2H2,(H,7,8)(H,9,10)(H,11,12);2*1H3;. The Hall–Kier alpha value is -0.791. The van der Waals surface area contributed by atoms with Gasteiger partial charge in [0.1, 0.15) is 0 Å². The van der Waals surface area contributed by atoms with Crippen molar-refractivity contribution in [3.8, 4) is 0 Å². The van der Waals surface area contributed by atoms with Crippen LogP contribution < -0.4 is 0 Å². The quantitative estimate of drug-likeness (QED) is 0.632. The molecule has 0 atom stereocenters. The molecular formula is C8H14O6Sn. The van der Waals surface area contributed by atoms with Crippen molar-refractivity contribution >= 4 is 39.1 Å². The van der Waals surface area contributed by atoms with E-state index in [-0.39, 0.29) is 21.1 Å². The summed E-state index contributed by atoms with van der Waals surface area (Å²) in [6.45, 7) is 0. The van der Waals surface area contributed by atoms with Crippen LogP contribution in [0.1, 0.15) is 12.8 Å². The van der Waals surface area contributed by atoms with E-state index in [1.54, 1.807) is 0 Å². The van der Waals surface area contributed by atoms with Crippen molar-refractivity contribution < 1.29 is 29.7 Å². The van der Waals surface area contributed by atoms with E-state index < -0.39 is 36.7 Å². The van der Waals surface area contributed by atoms with Crippen molar-refractivity contribution in [3.63, 3.8) is 0 Å². The molecule has 0 aromatic rings. The number of hydrogen-bond acceptors (Lipinski definition) is 3. The van der Waals surface area contributed by atoms with E-state index in [9.17, 15) is 14.4 Å². The molecule has 0 unspecified atom stereocenters. The number of aliphatic carboxylic acids is 3. The van der Waals surface area contributed by atoms with Gasteiger partial charge in [-0.2, -0.15) is 0 Å². The molecule has 0 rings (SSSR count). The van der Waals surface area contributed by atoms with Crippen molar-refractivity contribution in [2.75, 3.05) is 0 Å². The molecule has 0 aliphatic rings. The number of carbonyl (C=O) groups is 3. The minimum atomic E-state index is -1.40. The summed E-state index contributed by atoms with van der Waals surface area (Å²) in [7, 11) is 0. The van der Waals surface area contributed by atoms with E-state index in [1.807, 2.05) is 0 Å². The van der Waals surface area contributed by atoms with Crippen molar-refractivity contribution in [2.45, 2.75) is 22.7 Å². The number of carboxylic acid groups (broad SMARTS) is 3. The molecule has 0 fully saturated rings. The molecule has 86 valence electrons. The molecule has 0 aliphatic carbocycles. The zero-order valence-corrected chi connectivity index (χ0v) is 11.4. The van der Waals surface area contributed by atoms with E-state index in [2.05, 4.69) is 9.88 Å². The summed E-state index contributed by atoms with van der Waals surface area (Å²) < 4.78 is 0. The Morgan fingerprint density at radius 3 is 1.40 bits per heavy atom. The Balaban J connectivity index is 0. The maximum absolute atomic E-state index is 10.2. The van der Waals surface area contributed by atoms with Crippen molar-refractivity contribution in [3.05, 3.63) is 0 Å². The van der Waals surface area contributed by atoms with E-state index in [4.69, 9.17) is 15.3 Å². The Bertz CT molecular complexity index is 211. The van der Waals surface area contributed by atoms with Crippen LogP contribution in [0.2, 0.25) is 9.88 Å². The molecule has 0 aliphatic heterocycles. The second kappa shape index (κ2) is 9.75. The summed E-state index contributed by atoms with van der Waals surface area (Å²) >= 11 is 0.230. The van der Waals surface area contributed by atoms with Gasteiger partial charge in [-0.1, -0.05) is 0 Å². The van der Waals surface area contributed by atoms with Gasteiger partial charge in [-0.3, -0.25) is 14.4 Å². The molecule has 0 heterocycles. The minimum absolute atomic E-state index is 0.230. The molecule has 0 saturated carbocycles. The van der Waals surface area contributed by atoms with Gasteiger partial charge in [0.15, 0.2) is 0 Å². The van der Waals surface area contributed by atoms with Crippen LogP contribution in [0.5, 0.6) is 0 Å². The summed E-state index contributed by atoms with van der Waals surface area (Å²) in [4.78, 5) is 34.9. The zero-order valence-electron chi connectivity index (χ0n) is 8.56. The van der Waals surface area contributed by atoms with Gasteiger partial charge in [0.05, 0.1) is 18.8 Å². The molecule has 2 radical (unpaired) electrons. The van der Waals surface area contributed by atoms with Crippen LogP contribution in [0.15, 0.2) is 0 Å². The predicted octanol–water partition coefficient (Wildman–Crippen LogP) is 0.423. The Morgan fingerprint density at radius 1 is 1.00 bits per heavy atom. The predicted molar refractivity (Wildman–Crippen MR) is 53.1 cm³/mol. The molecule has 0 aromatic carbocycles. The SMILES string of the molecule is O=C(O)CC(CC(=O)O)C(=O)O.[CH3][Sn][CH3]. The van der Waals surface area contributed by atoms with Gasteiger partial charge in [-0.15, -0.1) is 0 Å². The second-order valence-electron chi connectivity index (χ2n) is 2.73. The fourth-order valence-electron chi connectivity index (χ4n) is 0.668. The van der Waals surface area contributed by atoms with Crippen molar-refractivity contribution in [2.24, 2.45) is 5.92 Å². The molecule has 0 spiro atoms. The van der Waals surface area contributed by atoms with Crippen LogP contribution in [0, 0.1) is 5.92 Å². The van der Waals surface area contributed by atoms with E-state index >= 15 is 0 Å². The first-order valence-corrected chi connectivity index (χ1v) is 9.80. The fraction of sp³-hybridized carbons (Fsp3) is 0.625. The van der Waals surface area contributed by atoms with Gasteiger partial charge in [0.25, 0.3) is 0 Å². The Morgan fingerprint density at radius 2 is 1.27 bits per heavy atom. The second-order valence-corrected chi connectivity index (χ2v) is 5.58. The summed E-state index contributed by atoms with van der Waals surface area (Å²) in [5.74, 6) is -5.38. The molecule has 0 bridgehead atoms. The van der Waals surface area contributed by atoms with Crippen LogP contribution >= 0.6 is 0 Å². The van der Waals surface area contributed by atoms with Crippen molar-refractivity contribution in [1.82, 2.24) is 0 Å². The van der Waals surface area contributed by atoms with E-state index in [0.29, 0.717) is 0 Å². The zero-order chi connectivity index (χ0) is 12.4. The van der Waals surface area contributed by atoms with Gasteiger partial charge in [-0.05, 0) is 0 Å². The van der Waals surface area contributed by atoms with Crippen LogP contribution in [0.3, 0.4) is 0 Å². The van der Waals surface area contributed by atoms with E-state index in [1.165, 1.54) is 0 Å². The summed E-state index contributed by atoms with van der Waals surface area (Å²) in [5.41, 5.74) is 0. The van der Waals surface area contributed by atoms with Crippen LogP contribution in [-0.4, -0.2) is 54.4 Å². The molecular weight excluding hydrogens is 311 g/mol. The first-order chi connectivity index (χ1) is 6.84. The average molecular weight is 325 g/mol. The first kappa shape index (κ1) is 16.6. The topological polar surface area (TPSA) is 112 Å². The molecule has 6 nitrogen and oxygen atoms in total. The van der Waals surface area contributed by atoms with Crippen molar-refractivity contribution in [1.29, 1.82) is 0 Å².